The predicted molar refractivity (Wildman–Crippen MR) is 83.8 cm³/mol. The molecule has 0 spiro atoms. The molecule has 2 aromatic carbocycles. The molecule has 3 rings (SSSR count). The lowest BCUT2D eigenvalue weighted by Gasteiger charge is -2.25. The minimum absolute atomic E-state index is 0.233. The molecule has 1 saturated heterocycles. The smallest absolute Gasteiger partial charge is 0.254 e. The Morgan fingerprint density at radius 3 is 2.78 bits per heavy atom. The minimum atomic E-state index is -0.594. The molecule has 0 aromatic heterocycles. The Balaban J connectivity index is 1.91. The molecular weight excluding hydrogens is 297 g/mol. The van der Waals surface area contributed by atoms with E-state index in [1.165, 1.54) is 18.2 Å². The van der Waals surface area contributed by atoms with Crippen LogP contribution in [0.1, 0.15) is 28.4 Å². The molecule has 5 heteroatoms. The lowest BCUT2D eigenvalue weighted by atomic mass is 10.0. The Bertz CT molecular complexity index is 719. The maximum absolute atomic E-state index is 13.4. The lowest BCUT2D eigenvalue weighted by Crippen LogP contribution is -2.31. The Morgan fingerprint density at radius 1 is 1.26 bits per heavy atom. The fraction of sp³-hybridized carbons (Fsp3) is 0.278. The molecule has 0 unspecified atom stereocenters. The first-order valence-corrected chi connectivity index (χ1v) is 7.47. The molecule has 2 aromatic rings. The molecule has 0 saturated carbocycles. The van der Waals surface area contributed by atoms with Crippen LogP contribution in [0.15, 0.2) is 48.5 Å². The number of carbonyl (C=O) groups excluding carboxylic acids is 1. The van der Waals surface area contributed by atoms with E-state index in [1.54, 1.807) is 18.1 Å². The van der Waals surface area contributed by atoms with E-state index >= 15 is 0 Å². The van der Waals surface area contributed by atoms with Gasteiger partial charge in [0.1, 0.15) is 11.6 Å². The van der Waals surface area contributed by atoms with Crippen molar-refractivity contribution in [2.45, 2.75) is 18.6 Å². The largest absolute Gasteiger partial charge is 0.497 e. The Kier molecular flexibility index (Phi) is 4.30. The number of methoxy groups -OCH3 is 1. The second-order valence-electron chi connectivity index (χ2n) is 5.65. The number of β-amino-alcohol motifs (C(OH)–C–C–N with tert-alkyl or cyclic N) is 1. The average molecular weight is 315 g/mol. The summed E-state index contributed by atoms with van der Waals surface area (Å²) in [5.74, 6) is -0.0376. The molecule has 1 heterocycles. The number of hydrogen-bond donors (Lipinski definition) is 1. The number of hydrogen-bond acceptors (Lipinski definition) is 3. The third-order valence-electron chi connectivity index (χ3n) is 4.09. The second kappa shape index (κ2) is 6.38. The van der Waals surface area contributed by atoms with Crippen molar-refractivity contribution in [3.8, 4) is 5.75 Å². The van der Waals surface area contributed by atoms with Crippen molar-refractivity contribution in [3.63, 3.8) is 0 Å². The highest BCUT2D eigenvalue weighted by atomic mass is 19.1. The van der Waals surface area contributed by atoms with E-state index in [1.807, 2.05) is 24.3 Å². The standard InChI is InChI=1S/C18H18FNO3/c1-23-16-7-3-4-12(9-16)17-10-15(21)11-20(17)18(22)13-5-2-6-14(19)8-13/h2-9,15,17,21H,10-11H2,1H3/t15-,17-/m1/s1. The van der Waals surface area contributed by atoms with Crippen molar-refractivity contribution in [1.82, 2.24) is 4.90 Å². The monoisotopic (exact) mass is 315 g/mol. The number of aliphatic hydroxyl groups is 1. The summed E-state index contributed by atoms with van der Waals surface area (Å²) in [5.41, 5.74) is 1.18. The SMILES string of the molecule is COc1cccc([C@H]2C[C@@H](O)CN2C(=O)c2cccc(F)c2)c1. The van der Waals surface area contributed by atoms with Gasteiger partial charge in [-0.15, -0.1) is 0 Å². The van der Waals surface area contributed by atoms with Gasteiger partial charge in [0.25, 0.3) is 5.91 Å². The molecule has 23 heavy (non-hydrogen) atoms. The van der Waals surface area contributed by atoms with Crippen LogP contribution in [0.5, 0.6) is 5.75 Å². The van der Waals surface area contributed by atoms with E-state index < -0.39 is 11.9 Å². The molecule has 1 amide bonds. The van der Waals surface area contributed by atoms with Gasteiger partial charge in [-0.3, -0.25) is 4.79 Å². The topological polar surface area (TPSA) is 49.8 Å². The zero-order valence-corrected chi connectivity index (χ0v) is 12.8. The molecule has 1 fully saturated rings. The van der Waals surface area contributed by atoms with Gasteiger partial charge >= 0.3 is 0 Å². The van der Waals surface area contributed by atoms with Crippen LogP contribution in [0, 0.1) is 5.82 Å². The molecule has 4 nitrogen and oxygen atoms in total. The zero-order chi connectivity index (χ0) is 16.4. The fourth-order valence-corrected chi connectivity index (χ4v) is 2.99. The molecule has 1 aliphatic heterocycles. The van der Waals surface area contributed by atoms with E-state index in [9.17, 15) is 14.3 Å². The van der Waals surface area contributed by atoms with E-state index in [4.69, 9.17) is 4.74 Å². The molecule has 1 aliphatic rings. The number of rotatable bonds is 3. The second-order valence-corrected chi connectivity index (χ2v) is 5.65. The minimum Gasteiger partial charge on any atom is -0.497 e. The number of aliphatic hydroxyl groups excluding tert-OH is 1. The van der Waals surface area contributed by atoms with Crippen LogP contribution in [0.2, 0.25) is 0 Å². The van der Waals surface area contributed by atoms with Gasteiger partial charge < -0.3 is 14.7 Å². The zero-order valence-electron chi connectivity index (χ0n) is 12.8. The lowest BCUT2D eigenvalue weighted by molar-refractivity contribution is 0.0715. The van der Waals surface area contributed by atoms with Crippen molar-refractivity contribution in [2.24, 2.45) is 0 Å². The highest BCUT2D eigenvalue weighted by Gasteiger charge is 2.35. The number of benzene rings is 2. The fourth-order valence-electron chi connectivity index (χ4n) is 2.99. The first kappa shape index (κ1) is 15.5. The van der Waals surface area contributed by atoms with E-state index in [0.29, 0.717) is 12.2 Å². The van der Waals surface area contributed by atoms with Gasteiger partial charge in [0.2, 0.25) is 0 Å². The Hall–Kier alpha value is -2.40. The van der Waals surface area contributed by atoms with Gasteiger partial charge in [-0.1, -0.05) is 18.2 Å². The summed E-state index contributed by atoms with van der Waals surface area (Å²) in [6.45, 7) is 0.233. The van der Waals surface area contributed by atoms with E-state index in [-0.39, 0.29) is 24.1 Å². The maximum Gasteiger partial charge on any atom is 0.254 e. The maximum atomic E-state index is 13.4. The van der Waals surface area contributed by atoms with Crippen molar-refractivity contribution in [2.75, 3.05) is 13.7 Å². The number of nitrogens with zero attached hydrogens (tertiary/aromatic N) is 1. The highest BCUT2D eigenvalue weighted by Crippen LogP contribution is 2.34. The summed E-state index contributed by atoms with van der Waals surface area (Å²) in [4.78, 5) is 14.3. The summed E-state index contributed by atoms with van der Waals surface area (Å²) in [5, 5.41) is 10.0. The van der Waals surface area contributed by atoms with Crippen molar-refractivity contribution < 1.29 is 19.0 Å². The van der Waals surface area contributed by atoms with Crippen LogP contribution < -0.4 is 4.74 Å². The summed E-state index contributed by atoms with van der Waals surface area (Å²) < 4.78 is 18.6. The Labute approximate surface area is 134 Å². The summed E-state index contributed by atoms with van der Waals surface area (Å²) in [6.07, 6.45) is -0.141. The van der Waals surface area contributed by atoms with Crippen LogP contribution >= 0.6 is 0 Å². The highest BCUT2D eigenvalue weighted by molar-refractivity contribution is 5.94. The molecule has 2 atom stereocenters. The number of carbonyl (C=O) groups is 1. The number of amides is 1. The third kappa shape index (κ3) is 3.19. The number of likely N-dealkylation sites (tertiary alicyclic amines) is 1. The summed E-state index contributed by atoms with van der Waals surface area (Å²) >= 11 is 0. The average Bonchev–Trinajstić information content (AvgIpc) is 2.96. The van der Waals surface area contributed by atoms with Crippen LogP contribution in [-0.2, 0) is 0 Å². The summed E-state index contributed by atoms with van der Waals surface area (Å²) in [6, 6.07) is 12.8. The van der Waals surface area contributed by atoms with Crippen molar-refractivity contribution >= 4 is 5.91 Å². The molecule has 1 N–H and O–H groups in total. The van der Waals surface area contributed by atoms with Gasteiger partial charge in [-0.05, 0) is 42.3 Å². The van der Waals surface area contributed by atoms with Gasteiger partial charge in [0.05, 0.1) is 19.3 Å². The quantitative estimate of drug-likeness (QED) is 0.947. The molecular formula is C18H18FNO3. The van der Waals surface area contributed by atoms with Crippen LogP contribution in [0.25, 0.3) is 0 Å². The van der Waals surface area contributed by atoms with Gasteiger partial charge in [0, 0.05) is 12.1 Å². The summed E-state index contributed by atoms with van der Waals surface area (Å²) in [7, 11) is 1.58. The van der Waals surface area contributed by atoms with Crippen LogP contribution in [-0.4, -0.2) is 35.7 Å². The predicted octanol–water partition coefficient (Wildman–Crippen LogP) is 2.78. The van der Waals surface area contributed by atoms with Crippen molar-refractivity contribution in [3.05, 3.63) is 65.5 Å². The van der Waals surface area contributed by atoms with Crippen LogP contribution in [0.3, 0.4) is 0 Å². The van der Waals surface area contributed by atoms with E-state index in [0.717, 1.165) is 5.56 Å². The Morgan fingerprint density at radius 2 is 2.04 bits per heavy atom. The molecule has 0 aliphatic carbocycles. The van der Waals surface area contributed by atoms with Gasteiger partial charge in [-0.2, -0.15) is 0 Å². The number of ether oxygens (including phenoxy) is 1. The molecule has 0 bridgehead atoms. The van der Waals surface area contributed by atoms with Crippen LogP contribution in [0.4, 0.5) is 4.39 Å². The van der Waals surface area contributed by atoms with Gasteiger partial charge in [0.15, 0.2) is 0 Å². The first-order valence-electron chi connectivity index (χ1n) is 7.47. The third-order valence-corrected chi connectivity index (χ3v) is 4.09. The number of halogens is 1. The van der Waals surface area contributed by atoms with Gasteiger partial charge in [-0.25, -0.2) is 4.39 Å². The normalized spacial score (nSPS) is 20.6. The van der Waals surface area contributed by atoms with E-state index in [2.05, 4.69) is 0 Å². The molecule has 120 valence electrons. The van der Waals surface area contributed by atoms with Crippen molar-refractivity contribution in [1.29, 1.82) is 0 Å². The first-order chi connectivity index (χ1) is 11.1. The molecule has 0 radical (unpaired) electrons.